The summed E-state index contributed by atoms with van der Waals surface area (Å²) in [5.41, 5.74) is 4.81. The predicted molar refractivity (Wildman–Crippen MR) is 116 cm³/mol. The summed E-state index contributed by atoms with van der Waals surface area (Å²) in [5.74, 6) is 0.117. The number of hydrogen-bond donors (Lipinski definition) is 0. The monoisotopic (exact) mass is 468 g/mol. The molecule has 0 saturated carbocycles. The third-order valence-electron chi connectivity index (χ3n) is 4.45. The van der Waals surface area contributed by atoms with E-state index in [4.69, 9.17) is 9.72 Å². The van der Waals surface area contributed by atoms with E-state index in [9.17, 15) is 4.79 Å². The first-order valence-electron chi connectivity index (χ1n) is 8.83. The van der Waals surface area contributed by atoms with Crippen molar-refractivity contribution in [3.8, 4) is 27.8 Å². The minimum Gasteiger partial charge on any atom is -0.464 e. The first-order chi connectivity index (χ1) is 14.0. The van der Waals surface area contributed by atoms with Crippen molar-refractivity contribution in [2.75, 3.05) is 7.11 Å². The molecule has 0 spiro atoms. The molecule has 0 aliphatic heterocycles. The van der Waals surface area contributed by atoms with Crippen LogP contribution in [0, 0.1) is 13.8 Å². The number of rotatable bonds is 4. The van der Waals surface area contributed by atoms with Crippen molar-refractivity contribution in [2.45, 2.75) is 13.8 Å². The normalized spacial score (nSPS) is 10.9. The molecule has 146 valence electrons. The topological polar surface area (TPSA) is 69.9 Å². The molecular weight excluding hydrogens is 452 g/mol. The Morgan fingerprint density at radius 1 is 1.14 bits per heavy atom. The van der Waals surface area contributed by atoms with Crippen molar-refractivity contribution in [1.29, 1.82) is 0 Å². The summed E-state index contributed by atoms with van der Waals surface area (Å²) in [5, 5.41) is 5.17. The maximum Gasteiger partial charge on any atom is 0.359 e. The largest absolute Gasteiger partial charge is 0.464 e. The predicted octanol–water partition coefficient (Wildman–Crippen LogP) is 5.22. The second kappa shape index (κ2) is 7.88. The summed E-state index contributed by atoms with van der Waals surface area (Å²) in [6, 6.07) is 15.9. The van der Waals surface area contributed by atoms with Gasteiger partial charge in [0.15, 0.2) is 16.5 Å². The van der Waals surface area contributed by atoms with Crippen LogP contribution in [0.4, 0.5) is 0 Å². The molecule has 2 aromatic heterocycles. The Labute approximate surface area is 180 Å². The van der Waals surface area contributed by atoms with Crippen molar-refractivity contribution in [1.82, 2.24) is 19.1 Å². The number of para-hydroxylation sites is 1. The molecule has 0 aliphatic rings. The van der Waals surface area contributed by atoms with Crippen molar-refractivity contribution in [3.05, 3.63) is 69.8 Å². The fourth-order valence-electron chi connectivity index (χ4n) is 3.01. The summed E-state index contributed by atoms with van der Waals surface area (Å²) in [4.78, 5) is 17.0. The molecule has 0 saturated heterocycles. The van der Waals surface area contributed by atoms with E-state index in [2.05, 4.69) is 25.4 Å². The third-order valence-corrected chi connectivity index (χ3v) is 5.93. The maximum absolute atomic E-state index is 12.3. The molecule has 0 unspecified atom stereocenters. The molecule has 0 radical (unpaired) electrons. The van der Waals surface area contributed by atoms with E-state index in [1.165, 1.54) is 18.6 Å². The smallest absolute Gasteiger partial charge is 0.359 e. The highest BCUT2D eigenvalue weighted by molar-refractivity contribution is 9.10. The van der Waals surface area contributed by atoms with Gasteiger partial charge in [-0.05, 0) is 59.0 Å². The first-order valence-corrected chi connectivity index (χ1v) is 10.4. The molecule has 4 aromatic rings. The number of carbonyl (C=O) groups excluding carboxylic acids is 1. The van der Waals surface area contributed by atoms with E-state index in [1.54, 1.807) is 4.68 Å². The second-order valence-electron chi connectivity index (χ2n) is 6.49. The Morgan fingerprint density at radius 2 is 1.93 bits per heavy atom. The molecular formula is C21H17BrN4O2S. The van der Waals surface area contributed by atoms with Gasteiger partial charge < -0.3 is 4.74 Å². The van der Waals surface area contributed by atoms with Crippen molar-refractivity contribution in [2.24, 2.45) is 0 Å². The van der Waals surface area contributed by atoms with Crippen LogP contribution < -0.4 is 0 Å². The van der Waals surface area contributed by atoms with Gasteiger partial charge in [-0.1, -0.05) is 42.0 Å². The van der Waals surface area contributed by atoms with Gasteiger partial charge in [-0.2, -0.15) is 9.47 Å². The first kappa shape index (κ1) is 19.5. The molecule has 6 nitrogen and oxygen atoms in total. The zero-order chi connectivity index (χ0) is 20.5. The van der Waals surface area contributed by atoms with Gasteiger partial charge in [0.25, 0.3) is 0 Å². The molecule has 8 heteroatoms. The fourth-order valence-corrected chi connectivity index (χ4v) is 4.46. The molecule has 0 aliphatic carbocycles. The summed E-state index contributed by atoms with van der Waals surface area (Å²) < 4.78 is 11.7. The van der Waals surface area contributed by atoms with Gasteiger partial charge in [0.2, 0.25) is 0 Å². The lowest BCUT2D eigenvalue weighted by Gasteiger charge is -2.08. The van der Waals surface area contributed by atoms with E-state index in [0.717, 1.165) is 22.4 Å². The van der Waals surface area contributed by atoms with Gasteiger partial charge in [-0.15, -0.1) is 0 Å². The van der Waals surface area contributed by atoms with E-state index in [0.29, 0.717) is 21.0 Å². The van der Waals surface area contributed by atoms with E-state index in [-0.39, 0.29) is 5.69 Å². The highest BCUT2D eigenvalue weighted by Gasteiger charge is 2.26. The molecule has 2 aromatic carbocycles. The number of ether oxygens (including phenoxy) is 1. The lowest BCUT2D eigenvalue weighted by atomic mass is 10.1. The van der Waals surface area contributed by atoms with Crippen LogP contribution in [0.1, 0.15) is 21.6 Å². The average Bonchev–Trinajstić information content (AvgIpc) is 3.32. The number of hydrogen-bond acceptors (Lipinski definition) is 6. The highest BCUT2D eigenvalue weighted by Crippen LogP contribution is 2.36. The van der Waals surface area contributed by atoms with Crippen LogP contribution in [0.3, 0.4) is 0 Å². The van der Waals surface area contributed by atoms with Gasteiger partial charge in [0.05, 0.1) is 17.3 Å². The highest BCUT2D eigenvalue weighted by atomic mass is 79.9. The second-order valence-corrected chi connectivity index (χ2v) is 8.04. The van der Waals surface area contributed by atoms with Crippen LogP contribution in [0.2, 0.25) is 0 Å². The number of aryl methyl sites for hydroxylation is 2. The zero-order valence-corrected chi connectivity index (χ0v) is 18.4. The summed E-state index contributed by atoms with van der Waals surface area (Å²) >= 11 is 4.79. The van der Waals surface area contributed by atoms with Gasteiger partial charge in [-0.3, -0.25) is 0 Å². The molecule has 2 heterocycles. The average molecular weight is 469 g/mol. The van der Waals surface area contributed by atoms with E-state index >= 15 is 0 Å². The van der Waals surface area contributed by atoms with Gasteiger partial charge in [0.1, 0.15) is 5.69 Å². The Bertz CT molecular complexity index is 1220. The number of esters is 1. The van der Waals surface area contributed by atoms with Crippen LogP contribution in [-0.4, -0.2) is 32.2 Å². The van der Waals surface area contributed by atoms with Crippen LogP contribution in [0.25, 0.3) is 27.8 Å². The molecule has 0 bridgehead atoms. The minimum absolute atomic E-state index is 0.193. The van der Waals surface area contributed by atoms with Gasteiger partial charge in [-0.25, -0.2) is 14.5 Å². The number of carbonyl (C=O) groups is 1. The molecule has 0 amide bonds. The van der Waals surface area contributed by atoms with Gasteiger partial charge in [0, 0.05) is 5.56 Å². The Hall–Kier alpha value is -2.84. The van der Waals surface area contributed by atoms with Gasteiger partial charge >= 0.3 is 5.97 Å². The number of nitrogens with zero attached hydrogens (tertiary/aromatic N) is 4. The molecule has 0 atom stereocenters. The summed E-state index contributed by atoms with van der Waals surface area (Å²) in [6.07, 6.45) is 0. The van der Waals surface area contributed by atoms with Crippen molar-refractivity contribution >= 4 is 33.4 Å². The zero-order valence-electron chi connectivity index (χ0n) is 16.0. The van der Waals surface area contributed by atoms with E-state index < -0.39 is 5.97 Å². The Kier molecular flexibility index (Phi) is 5.29. The minimum atomic E-state index is -0.520. The summed E-state index contributed by atoms with van der Waals surface area (Å²) in [6.45, 7) is 4.02. The Morgan fingerprint density at radius 3 is 2.66 bits per heavy atom. The maximum atomic E-state index is 12.3. The quantitative estimate of drug-likeness (QED) is 0.383. The number of methoxy groups -OCH3 is 1. The summed E-state index contributed by atoms with van der Waals surface area (Å²) in [7, 11) is 1.34. The molecule has 4 rings (SSSR count). The number of halogens is 1. The van der Waals surface area contributed by atoms with Crippen LogP contribution >= 0.6 is 27.5 Å². The lowest BCUT2D eigenvalue weighted by molar-refractivity contribution is 0.0592. The van der Waals surface area contributed by atoms with Crippen molar-refractivity contribution < 1.29 is 9.53 Å². The number of benzene rings is 2. The number of aromatic nitrogens is 4. The van der Waals surface area contributed by atoms with Crippen LogP contribution in [0.15, 0.2) is 53.0 Å². The molecule has 29 heavy (non-hydrogen) atoms. The molecule has 0 N–H and O–H groups in total. The lowest BCUT2D eigenvalue weighted by Crippen LogP contribution is -2.05. The fraction of sp³-hybridized carbons (Fsp3) is 0.143. The Balaban J connectivity index is 1.90. The third kappa shape index (κ3) is 3.61. The standard InChI is InChI=1S/C21H17BrN4O2S/c1-12-7-6-9-14(11-12)19-23-20(29-25-19)18-16(22)17(21(27)28-3)24-26(18)15-10-5-4-8-13(15)2/h4-11H,1-3H3. The van der Waals surface area contributed by atoms with E-state index in [1.807, 2.05) is 62.4 Å². The SMILES string of the molecule is COC(=O)c1nn(-c2ccccc2C)c(-c2nc(-c3cccc(C)c3)ns2)c1Br. The van der Waals surface area contributed by atoms with Crippen LogP contribution in [-0.2, 0) is 4.74 Å². The van der Waals surface area contributed by atoms with Crippen LogP contribution in [0.5, 0.6) is 0 Å². The molecule has 0 fully saturated rings. The van der Waals surface area contributed by atoms with Crippen molar-refractivity contribution in [3.63, 3.8) is 0 Å².